The molecule has 0 spiro atoms. The number of rotatable bonds is 5. The van der Waals surface area contributed by atoms with Crippen LogP contribution in [0.25, 0.3) is 0 Å². The monoisotopic (exact) mass is 236 g/mol. The van der Waals surface area contributed by atoms with E-state index in [0.717, 1.165) is 5.56 Å². The largest absolute Gasteiger partial charge is 0.387 e. The van der Waals surface area contributed by atoms with E-state index in [1.54, 1.807) is 21.0 Å². The van der Waals surface area contributed by atoms with E-state index >= 15 is 0 Å². The van der Waals surface area contributed by atoms with Gasteiger partial charge in [0.25, 0.3) is 0 Å². The van der Waals surface area contributed by atoms with E-state index in [4.69, 9.17) is 0 Å². The summed E-state index contributed by atoms with van der Waals surface area (Å²) in [5.41, 5.74) is 0.851. The summed E-state index contributed by atoms with van der Waals surface area (Å²) in [5.74, 6) is 0.00487. The van der Waals surface area contributed by atoms with Crippen LogP contribution in [-0.4, -0.2) is 42.6 Å². The SMILES string of the molecule is CC(NCC(O)c1ccccc1)C(=O)N(C)C. The Morgan fingerprint density at radius 3 is 2.47 bits per heavy atom. The normalized spacial score (nSPS) is 14.1. The maximum absolute atomic E-state index is 11.6. The van der Waals surface area contributed by atoms with Crippen LogP contribution in [0.1, 0.15) is 18.6 Å². The maximum Gasteiger partial charge on any atom is 0.238 e. The van der Waals surface area contributed by atoms with E-state index in [9.17, 15) is 9.90 Å². The van der Waals surface area contributed by atoms with Crippen molar-refractivity contribution in [3.63, 3.8) is 0 Å². The number of aliphatic hydroxyl groups excluding tert-OH is 1. The Bertz CT molecular complexity index is 352. The fourth-order valence-electron chi connectivity index (χ4n) is 1.56. The van der Waals surface area contributed by atoms with Gasteiger partial charge in [0.1, 0.15) is 0 Å². The van der Waals surface area contributed by atoms with Crippen molar-refractivity contribution in [1.82, 2.24) is 10.2 Å². The summed E-state index contributed by atoms with van der Waals surface area (Å²) in [6.07, 6.45) is -0.589. The maximum atomic E-state index is 11.6. The van der Waals surface area contributed by atoms with Crippen LogP contribution in [0.4, 0.5) is 0 Å². The van der Waals surface area contributed by atoms with Gasteiger partial charge < -0.3 is 15.3 Å². The molecule has 1 amide bonds. The fourth-order valence-corrected chi connectivity index (χ4v) is 1.56. The lowest BCUT2D eigenvalue weighted by atomic mass is 10.1. The van der Waals surface area contributed by atoms with Crippen LogP contribution in [0.3, 0.4) is 0 Å². The van der Waals surface area contributed by atoms with Gasteiger partial charge >= 0.3 is 0 Å². The Morgan fingerprint density at radius 2 is 1.94 bits per heavy atom. The van der Waals surface area contributed by atoms with Crippen LogP contribution >= 0.6 is 0 Å². The van der Waals surface area contributed by atoms with Crippen LogP contribution in [0.2, 0.25) is 0 Å². The van der Waals surface area contributed by atoms with Crippen molar-refractivity contribution >= 4 is 5.91 Å². The van der Waals surface area contributed by atoms with Crippen LogP contribution in [0.15, 0.2) is 30.3 Å². The molecule has 2 unspecified atom stereocenters. The lowest BCUT2D eigenvalue weighted by molar-refractivity contribution is -0.130. The number of benzene rings is 1. The zero-order valence-corrected chi connectivity index (χ0v) is 10.6. The third kappa shape index (κ3) is 4.17. The van der Waals surface area contributed by atoms with E-state index < -0.39 is 6.10 Å². The van der Waals surface area contributed by atoms with Crippen LogP contribution in [-0.2, 0) is 4.79 Å². The summed E-state index contributed by atoms with van der Waals surface area (Å²) in [5, 5.41) is 12.9. The number of likely N-dealkylation sites (N-methyl/N-ethyl adjacent to an activating group) is 1. The first-order valence-corrected chi connectivity index (χ1v) is 5.70. The highest BCUT2D eigenvalue weighted by molar-refractivity contribution is 5.80. The standard InChI is InChI=1S/C13H20N2O2/c1-10(13(17)15(2)3)14-9-12(16)11-7-5-4-6-8-11/h4-8,10,12,14,16H,9H2,1-3H3. The molecule has 0 fully saturated rings. The van der Waals surface area contributed by atoms with Gasteiger partial charge in [0.2, 0.25) is 5.91 Å². The second-order valence-corrected chi connectivity index (χ2v) is 4.29. The predicted octanol–water partition coefficient (Wildman–Crippen LogP) is 0.786. The van der Waals surface area contributed by atoms with Gasteiger partial charge in [-0.15, -0.1) is 0 Å². The first kappa shape index (κ1) is 13.7. The highest BCUT2D eigenvalue weighted by Gasteiger charge is 2.15. The number of carbonyl (C=O) groups is 1. The van der Waals surface area contributed by atoms with E-state index in [2.05, 4.69) is 5.32 Å². The zero-order valence-electron chi connectivity index (χ0n) is 10.6. The van der Waals surface area contributed by atoms with Gasteiger partial charge in [-0.1, -0.05) is 30.3 Å². The minimum Gasteiger partial charge on any atom is -0.387 e. The van der Waals surface area contributed by atoms with Crippen molar-refractivity contribution < 1.29 is 9.90 Å². The molecule has 0 bridgehead atoms. The van der Waals surface area contributed by atoms with Gasteiger partial charge in [-0.3, -0.25) is 4.79 Å². The second-order valence-electron chi connectivity index (χ2n) is 4.29. The summed E-state index contributed by atoms with van der Waals surface area (Å²) in [6.45, 7) is 2.16. The summed E-state index contributed by atoms with van der Waals surface area (Å²) in [7, 11) is 3.43. The average molecular weight is 236 g/mol. The Morgan fingerprint density at radius 1 is 1.35 bits per heavy atom. The molecule has 0 heterocycles. The molecule has 1 rings (SSSR count). The van der Waals surface area contributed by atoms with Gasteiger partial charge in [-0.2, -0.15) is 0 Å². The number of aliphatic hydroxyl groups is 1. The van der Waals surface area contributed by atoms with Crippen molar-refractivity contribution in [1.29, 1.82) is 0 Å². The second kappa shape index (κ2) is 6.37. The third-order valence-electron chi connectivity index (χ3n) is 2.61. The minimum absolute atomic E-state index is 0.00487. The van der Waals surface area contributed by atoms with Crippen molar-refractivity contribution in [2.75, 3.05) is 20.6 Å². The molecule has 4 heteroatoms. The Kier molecular flexibility index (Phi) is 5.12. The zero-order chi connectivity index (χ0) is 12.8. The molecular formula is C13H20N2O2. The molecule has 0 aliphatic rings. The summed E-state index contributed by atoms with van der Waals surface area (Å²) in [6, 6.07) is 9.11. The third-order valence-corrected chi connectivity index (χ3v) is 2.61. The minimum atomic E-state index is -0.589. The number of hydrogen-bond donors (Lipinski definition) is 2. The summed E-state index contributed by atoms with van der Waals surface area (Å²) < 4.78 is 0. The van der Waals surface area contributed by atoms with E-state index in [1.807, 2.05) is 30.3 Å². The quantitative estimate of drug-likeness (QED) is 0.794. The van der Waals surface area contributed by atoms with Crippen molar-refractivity contribution in [3.05, 3.63) is 35.9 Å². The van der Waals surface area contributed by atoms with Gasteiger partial charge in [0.15, 0.2) is 0 Å². The number of carbonyl (C=O) groups excluding carboxylic acids is 1. The molecular weight excluding hydrogens is 216 g/mol. The lowest BCUT2D eigenvalue weighted by Crippen LogP contribution is -2.42. The molecule has 0 saturated carbocycles. The molecule has 2 atom stereocenters. The fraction of sp³-hybridized carbons (Fsp3) is 0.462. The molecule has 1 aromatic carbocycles. The van der Waals surface area contributed by atoms with Gasteiger partial charge in [-0.25, -0.2) is 0 Å². The van der Waals surface area contributed by atoms with Crippen LogP contribution in [0.5, 0.6) is 0 Å². The molecule has 4 nitrogen and oxygen atoms in total. The predicted molar refractivity (Wildman–Crippen MR) is 67.6 cm³/mol. The van der Waals surface area contributed by atoms with Crippen molar-refractivity contribution in [2.45, 2.75) is 19.1 Å². The molecule has 0 aliphatic heterocycles. The number of amides is 1. The Hall–Kier alpha value is -1.39. The molecule has 94 valence electrons. The van der Waals surface area contributed by atoms with Gasteiger partial charge in [-0.05, 0) is 12.5 Å². The van der Waals surface area contributed by atoms with Crippen LogP contribution in [0, 0.1) is 0 Å². The summed E-state index contributed by atoms with van der Waals surface area (Å²) in [4.78, 5) is 13.1. The van der Waals surface area contributed by atoms with Gasteiger partial charge in [0, 0.05) is 20.6 Å². The molecule has 0 aromatic heterocycles. The molecule has 1 aromatic rings. The van der Waals surface area contributed by atoms with E-state index in [-0.39, 0.29) is 11.9 Å². The van der Waals surface area contributed by atoms with Crippen molar-refractivity contribution in [3.8, 4) is 0 Å². The van der Waals surface area contributed by atoms with Crippen molar-refractivity contribution in [2.24, 2.45) is 0 Å². The number of nitrogens with one attached hydrogen (secondary N) is 1. The molecule has 2 N–H and O–H groups in total. The smallest absolute Gasteiger partial charge is 0.238 e. The first-order chi connectivity index (χ1) is 8.02. The molecule has 0 aliphatic carbocycles. The number of nitrogens with zero attached hydrogens (tertiary/aromatic N) is 1. The highest BCUT2D eigenvalue weighted by atomic mass is 16.3. The average Bonchev–Trinajstić information content (AvgIpc) is 2.35. The molecule has 17 heavy (non-hydrogen) atoms. The number of hydrogen-bond acceptors (Lipinski definition) is 3. The first-order valence-electron chi connectivity index (χ1n) is 5.70. The van der Waals surface area contributed by atoms with Crippen LogP contribution < -0.4 is 5.32 Å². The summed E-state index contributed by atoms with van der Waals surface area (Å²) >= 11 is 0. The Labute approximate surface area is 102 Å². The molecule has 0 radical (unpaired) electrons. The topological polar surface area (TPSA) is 52.6 Å². The molecule has 0 saturated heterocycles. The van der Waals surface area contributed by atoms with Gasteiger partial charge in [0.05, 0.1) is 12.1 Å². The Balaban J connectivity index is 2.44. The van der Waals surface area contributed by atoms with E-state index in [0.29, 0.717) is 6.54 Å². The lowest BCUT2D eigenvalue weighted by Gasteiger charge is -2.20. The van der Waals surface area contributed by atoms with E-state index in [1.165, 1.54) is 4.90 Å². The highest BCUT2D eigenvalue weighted by Crippen LogP contribution is 2.10.